The van der Waals surface area contributed by atoms with Gasteiger partial charge in [-0.1, -0.05) is 152 Å². The molecular weight excluding hydrogens is 550 g/mol. The zero-order valence-electron chi connectivity index (χ0n) is 22.7. The normalized spacial score (nSPS) is 11.5. The highest BCUT2D eigenvalue weighted by Crippen LogP contribution is 2.25. The third kappa shape index (κ3) is 4.71. The molecule has 5 heteroatoms. The van der Waals surface area contributed by atoms with Gasteiger partial charge in [-0.2, -0.15) is 9.97 Å². The maximum atomic E-state index is 6.53. The standard InChI is InChI=1S/C37H26ClN3Si/c38-37-40-35(39-36(41-37)30-24-23-27-13-10-11-14-28(27)25-30)29-15-12-22-34(26-29)42(31-16-4-1-5-17-31,32-18-6-2-7-19-32)33-20-8-3-9-21-33/h1-26H. The second-order valence-electron chi connectivity index (χ2n) is 10.2. The van der Waals surface area contributed by atoms with Gasteiger partial charge in [0, 0.05) is 11.1 Å². The highest BCUT2D eigenvalue weighted by molar-refractivity contribution is 7.19. The Morgan fingerprint density at radius 1 is 0.381 bits per heavy atom. The summed E-state index contributed by atoms with van der Waals surface area (Å²) in [5.41, 5.74) is 1.80. The minimum Gasteiger partial charge on any atom is -0.208 e. The summed E-state index contributed by atoms with van der Waals surface area (Å²) in [5, 5.41) is 7.64. The molecule has 7 rings (SSSR count). The van der Waals surface area contributed by atoms with Gasteiger partial charge in [-0.3, -0.25) is 0 Å². The van der Waals surface area contributed by atoms with Crippen molar-refractivity contribution in [1.82, 2.24) is 15.0 Å². The largest absolute Gasteiger partial charge is 0.226 e. The van der Waals surface area contributed by atoms with Gasteiger partial charge in [0.1, 0.15) is 0 Å². The van der Waals surface area contributed by atoms with Gasteiger partial charge < -0.3 is 0 Å². The molecule has 1 aromatic heterocycles. The highest BCUT2D eigenvalue weighted by atomic mass is 35.5. The van der Waals surface area contributed by atoms with Crippen molar-refractivity contribution < 1.29 is 0 Å². The molecule has 0 aliphatic heterocycles. The molecule has 0 amide bonds. The van der Waals surface area contributed by atoms with Crippen molar-refractivity contribution in [2.75, 3.05) is 0 Å². The molecule has 0 N–H and O–H groups in total. The quantitative estimate of drug-likeness (QED) is 0.170. The van der Waals surface area contributed by atoms with Crippen LogP contribution < -0.4 is 20.7 Å². The van der Waals surface area contributed by atoms with Crippen molar-refractivity contribution in [1.29, 1.82) is 0 Å². The number of nitrogens with zero attached hydrogens (tertiary/aromatic N) is 3. The zero-order valence-corrected chi connectivity index (χ0v) is 24.5. The van der Waals surface area contributed by atoms with Crippen molar-refractivity contribution in [2.45, 2.75) is 0 Å². The summed E-state index contributed by atoms with van der Waals surface area (Å²) in [6.45, 7) is 0. The van der Waals surface area contributed by atoms with Crippen LogP contribution in [0.5, 0.6) is 0 Å². The molecule has 1 heterocycles. The SMILES string of the molecule is Clc1nc(-c2cccc([Si](c3ccccc3)(c3ccccc3)c3ccccc3)c2)nc(-c2ccc3ccccc3c2)n1. The Morgan fingerprint density at radius 3 is 1.43 bits per heavy atom. The summed E-state index contributed by atoms with van der Waals surface area (Å²) < 4.78 is 0. The first-order chi connectivity index (χ1) is 20.7. The smallest absolute Gasteiger partial charge is 0.208 e. The fourth-order valence-electron chi connectivity index (χ4n) is 5.89. The maximum Gasteiger partial charge on any atom is 0.226 e. The molecule has 0 aliphatic carbocycles. The Hall–Kier alpha value is -4.90. The van der Waals surface area contributed by atoms with Crippen molar-refractivity contribution in [2.24, 2.45) is 0 Å². The second kappa shape index (κ2) is 11.2. The van der Waals surface area contributed by atoms with Gasteiger partial charge in [0.15, 0.2) is 19.7 Å². The van der Waals surface area contributed by atoms with Gasteiger partial charge in [-0.25, -0.2) is 4.98 Å². The molecule has 6 aromatic carbocycles. The highest BCUT2D eigenvalue weighted by Gasteiger charge is 2.41. The summed E-state index contributed by atoms with van der Waals surface area (Å²) in [6, 6.07) is 55.7. The van der Waals surface area contributed by atoms with E-state index in [0.29, 0.717) is 11.6 Å². The topological polar surface area (TPSA) is 38.7 Å². The van der Waals surface area contributed by atoms with Crippen LogP contribution in [0.1, 0.15) is 0 Å². The Morgan fingerprint density at radius 2 is 0.857 bits per heavy atom. The first-order valence-corrected chi connectivity index (χ1v) is 16.3. The average molecular weight is 576 g/mol. The summed E-state index contributed by atoms with van der Waals surface area (Å²) >= 11 is 6.53. The molecular formula is C37H26ClN3Si. The lowest BCUT2D eigenvalue weighted by Crippen LogP contribution is -2.74. The lowest BCUT2D eigenvalue weighted by Gasteiger charge is -2.34. The predicted octanol–water partition coefficient (Wildman–Crippen LogP) is 6.39. The van der Waals surface area contributed by atoms with E-state index in [-0.39, 0.29) is 5.28 Å². The molecule has 3 nitrogen and oxygen atoms in total. The van der Waals surface area contributed by atoms with Crippen LogP contribution in [0.3, 0.4) is 0 Å². The van der Waals surface area contributed by atoms with Crippen molar-refractivity contribution in [3.63, 3.8) is 0 Å². The Bertz CT molecular complexity index is 1900. The van der Waals surface area contributed by atoms with E-state index in [1.807, 2.05) is 18.2 Å². The number of halogens is 1. The van der Waals surface area contributed by atoms with Crippen molar-refractivity contribution in [3.05, 3.63) is 163 Å². The van der Waals surface area contributed by atoms with Gasteiger partial charge in [-0.15, -0.1) is 0 Å². The van der Waals surface area contributed by atoms with E-state index in [1.54, 1.807) is 0 Å². The van der Waals surface area contributed by atoms with Crippen molar-refractivity contribution >= 4 is 51.2 Å². The summed E-state index contributed by atoms with van der Waals surface area (Å²) in [7, 11) is -2.69. The van der Waals surface area contributed by atoms with E-state index < -0.39 is 8.07 Å². The Labute approximate surface area is 251 Å². The molecule has 0 radical (unpaired) electrons. The average Bonchev–Trinajstić information content (AvgIpc) is 3.06. The fraction of sp³-hybridized carbons (Fsp3) is 0. The monoisotopic (exact) mass is 575 g/mol. The second-order valence-corrected chi connectivity index (χ2v) is 14.4. The number of hydrogen-bond donors (Lipinski definition) is 0. The molecule has 0 saturated heterocycles. The van der Waals surface area contributed by atoms with Crippen LogP contribution in [0.15, 0.2) is 158 Å². The van der Waals surface area contributed by atoms with Gasteiger partial charge in [0.25, 0.3) is 0 Å². The van der Waals surface area contributed by atoms with Crippen LogP contribution >= 0.6 is 11.6 Å². The summed E-state index contributed by atoms with van der Waals surface area (Å²) in [4.78, 5) is 14.0. The molecule has 7 aromatic rings. The molecule has 0 unspecified atom stereocenters. The zero-order chi connectivity index (χ0) is 28.4. The van der Waals surface area contributed by atoms with Gasteiger partial charge >= 0.3 is 0 Å². The number of hydrogen-bond acceptors (Lipinski definition) is 3. The third-order valence-electron chi connectivity index (χ3n) is 7.79. The van der Waals surface area contributed by atoms with Crippen LogP contribution in [-0.2, 0) is 0 Å². The Balaban J connectivity index is 1.43. The predicted molar refractivity (Wildman–Crippen MR) is 177 cm³/mol. The van der Waals surface area contributed by atoms with Crippen LogP contribution in [0.4, 0.5) is 0 Å². The van der Waals surface area contributed by atoms with Crippen molar-refractivity contribution in [3.8, 4) is 22.8 Å². The number of rotatable bonds is 6. The summed E-state index contributed by atoms with van der Waals surface area (Å²) in [6.07, 6.45) is 0. The number of benzene rings is 6. The lowest BCUT2D eigenvalue weighted by molar-refractivity contribution is 1.07. The number of fused-ring (bicyclic) bond motifs is 1. The minimum atomic E-state index is -2.69. The number of aromatic nitrogens is 3. The maximum absolute atomic E-state index is 6.53. The summed E-state index contributed by atoms with van der Waals surface area (Å²) in [5.74, 6) is 1.11. The first-order valence-electron chi connectivity index (χ1n) is 13.9. The van der Waals surface area contributed by atoms with E-state index in [1.165, 1.54) is 26.1 Å². The van der Waals surface area contributed by atoms with E-state index in [0.717, 1.165) is 16.5 Å². The molecule has 0 saturated carbocycles. The molecule has 0 spiro atoms. The minimum absolute atomic E-state index is 0.172. The first kappa shape index (κ1) is 26.0. The van der Waals surface area contributed by atoms with Crippen LogP contribution in [-0.4, -0.2) is 23.0 Å². The van der Waals surface area contributed by atoms with Gasteiger partial charge in [0.2, 0.25) is 5.28 Å². The Kier molecular flexibility index (Phi) is 6.92. The molecule has 200 valence electrons. The lowest BCUT2D eigenvalue weighted by atomic mass is 10.1. The van der Waals surface area contributed by atoms with Crippen LogP contribution in [0, 0.1) is 0 Å². The molecule has 0 atom stereocenters. The van der Waals surface area contributed by atoms with E-state index in [2.05, 4.69) is 149 Å². The van der Waals surface area contributed by atoms with Gasteiger partial charge in [-0.05, 0) is 49.2 Å². The van der Waals surface area contributed by atoms with E-state index >= 15 is 0 Å². The van der Waals surface area contributed by atoms with Crippen LogP contribution in [0.2, 0.25) is 5.28 Å². The van der Waals surface area contributed by atoms with Crippen LogP contribution in [0.25, 0.3) is 33.5 Å². The molecule has 0 fully saturated rings. The van der Waals surface area contributed by atoms with E-state index in [4.69, 9.17) is 16.6 Å². The fourth-order valence-corrected chi connectivity index (χ4v) is 10.8. The molecule has 0 bridgehead atoms. The molecule has 42 heavy (non-hydrogen) atoms. The molecule has 0 aliphatic rings. The third-order valence-corrected chi connectivity index (χ3v) is 12.7. The van der Waals surface area contributed by atoms with E-state index in [9.17, 15) is 0 Å². The van der Waals surface area contributed by atoms with Gasteiger partial charge in [0.05, 0.1) is 0 Å².